The van der Waals surface area contributed by atoms with Crippen LogP contribution < -0.4 is 5.32 Å². The van der Waals surface area contributed by atoms with Crippen LogP contribution in [0.3, 0.4) is 0 Å². The zero-order chi connectivity index (χ0) is 15.1. The fourth-order valence-corrected chi connectivity index (χ4v) is 3.99. The Morgan fingerprint density at radius 1 is 1.38 bits per heavy atom. The predicted octanol–water partition coefficient (Wildman–Crippen LogP) is 2.49. The van der Waals surface area contributed by atoms with Crippen molar-refractivity contribution in [3.8, 4) is 0 Å². The Morgan fingerprint density at radius 3 is 2.90 bits per heavy atom. The van der Waals surface area contributed by atoms with Gasteiger partial charge in [-0.25, -0.2) is 9.78 Å². The van der Waals surface area contributed by atoms with E-state index in [1.54, 1.807) is 23.1 Å². The highest BCUT2D eigenvalue weighted by atomic mass is 32.2. The van der Waals surface area contributed by atoms with Crippen molar-refractivity contribution in [3.05, 3.63) is 38.5 Å². The summed E-state index contributed by atoms with van der Waals surface area (Å²) in [6.45, 7) is 0.477. The Morgan fingerprint density at radius 2 is 2.24 bits per heavy atom. The van der Waals surface area contributed by atoms with Crippen molar-refractivity contribution in [1.29, 1.82) is 0 Å². The average Bonchev–Trinajstić information content (AvgIpc) is 3.09. The molecule has 0 fully saturated rings. The molecule has 0 radical (unpaired) electrons. The van der Waals surface area contributed by atoms with Crippen molar-refractivity contribution in [2.75, 3.05) is 12.3 Å². The van der Waals surface area contributed by atoms with E-state index in [0.29, 0.717) is 18.7 Å². The number of aromatic carboxylic acids is 1. The van der Waals surface area contributed by atoms with Gasteiger partial charge in [0.25, 0.3) is 0 Å². The molecule has 0 bridgehead atoms. The molecule has 112 valence electrons. The van der Waals surface area contributed by atoms with Gasteiger partial charge in [0.05, 0.1) is 10.8 Å². The van der Waals surface area contributed by atoms with Crippen molar-refractivity contribution in [3.63, 3.8) is 0 Å². The standard InChI is InChI=1S/C13H14N2O3S3/c16-11(8-19-6-9-2-1-5-20-9)14-4-3-12-15-10(7-21-12)13(17)18/h1-2,5,7H,3-4,6,8H2,(H,14,16)(H,17,18). The highest BCUT2D eigenvalue weighted by Gasteiger charge is 2.08. The molecule has 0 unspecified atom stereocenters. The van der Waals surface area contributed by atoms with Crippen molar-refractivity contribution in [2.45, 2.75) is 12.2 Å². The van der Waals surface area contributed by atoms with Gasteiger partial charge < -0.3 is 10.4 Å². The lowest BCUT2D eigenvalue weighted by Crippen LogP contribution is -2.27. The summed E-state index contributed by atoms with van der Waals surface area (Å²) < 4.78 is 0. The van der Waals surface area contributed by atoms with E-state index in [2.05, 4.69) is 16.4 Å². The van der Waals surface area contributed by atoms with E-state index in [4.69, 9.17) is 5.11 Å². The SMILES string of the molecule is O=C(CSCc1cccs1)NCCc1nc(C(=O)O)cs1. The van der Waals surface area contributed by atoms with Crippen molar-refractivity contribution in [1.82, 2.24) is 10.3 Å². The third kappa shape index (κ3) is 5.49. The van der Waals surface area contributed by atoms with Gasteiger partial charge in [0.1, 0.15) is 0 Å². The molecule has 0 aliphatic carbocycles. The first kappa shape index (κ1) is 16.0. The number of thiazole rings is 1. The molecular formula is C13H14N2O3S3. The number of carboxylic acid groups (broad SMARTS) is 1. The van der Waals surface area contributed by atoms with Gasteiger partial charge in [-0.2, -0.15) is 0 Å². The molecule has 2 heterocycles. The van der Waals surface area contributed by atoms with Gasteiger partial charge in [0, 0.05) is 29.0 Å². The van der Waals surface area contributed by atoms with Gasteiger partial charge in [-0.15, -0.1) is 34.4 Å². The minimum absolute atomic E-state index is 0.00781. The summed E-state index contributed by atoms with van der Waals surface area (Å²) >= 11 is 4.57. The number of thioether (sulfide) groups is 1. The average molecular weight is 342 g/mol. The second kappa shape index (κ2) is 8.16. The molecule has 0 saturated heterocycles. The highest BCUT2D eigenvalue weighted by Crippen LogP contribution is 2.16. The van der Waals surface area contributed by atoms with Crippen LogP contribution >= 0.6 is 34.4 Å². The zero-order valence-corrected chi connectivity index (χ0v) is 13.5. The number of carbonyl (C=O) groups excluding carboxylic acids is 1. The molecule has 0 aromatic carbocycles. The first-order chi connectivity index (χ1) is 10.1. The number of aromatic nitrogens is 1. The van der Waals surface area contributed by atoms with Crippen LogP contribution in [-0.2, 0) is 17.0 Å². The third-order valence-corrected chi connectivity index (χ3v) is 5.44. The van der Waals surface area contributed by atoms with Crippen molar-refractivity contribution >= 4 is 46.3 Å². The third-order valence-electron chi connectivity index (χ3n) is 2.49. The van der Waals surface area contributed by atoms with Crippen LogP contribution in [0, 0.1) is 0 Å². The topological polar surface area (TPSA) is 79.3 Å². The number of hydrogen-bond acceptors (Lipinski definition) is 6. The van der Waals surface area contributed by atoms with E-state index in [0.717, 1.165) is 10.8 Å². The molecular weight excluding hydrogens is 328 g/mol. The number of nitrogens with one attached hydrogen (secondary N) is 1. The van der Waals surface area contributed by atoms with E-state index in [1.165, 1.54) is 21.6 Å². The van der Waals surface area contributed by atoms with Crippen LogP contribution in [0.25, 0.3) is 0 Å². The number of nitrogens with zero attached hydrogens (tertiary/aromatic N) is 1. The monoisotopic (exact) mass is 342 g/mol. The maximum absolute atomic E-state index is 11.6. The van der Waals surface area contributed by atoms with Crippen LogP contribution in [-0.4, -0.2) is 34.3 Å². The van der Waals surface area contributed by atoms with Gasteiger partial charge in [0.2, 0.25) is 5.91 Å². The van der Waals surface area contributed by atoms with E-state index in [-0.39, 0.29) is 11.6 Å². The largest absolute Gasteiger partial charge is 0.476 e. The number of carboxylic acids is 1. The van der Waals surface area contributed by atoms with Crippen LogP contribution in [0.1, 0.15) is 20.4 Å². The number of hydrogen-bond donors (Lipinski definition) is 2. The highest BCUT2D eigenvalue weighted by molar-refractivity contribution is 7.99. The minimum atomic E-state index is -1.02. The Balaban J connectivity index is 1.61. The first-order valence-electron chi connectivity index (χ1n) is 6.19. The van der Waals surface area contributed by atoms with E-state index >= 15 is 0 Å². The van der Waals surface area contributed by atoms with Gasteiger partial charge in [-0.3, -0.25) is 4.79 Å². The molecule has 0 aliphatic heterocycles. The molecule has 0 spiro atoms. The Labute approximate surface area is 134 Å². The van der Waals surface area contributed by atoms with Crippen LogP contribution in [0.2, 0.25) is 0 Å². The van der Waals surface area contributed by atoms with Crippen LogP contribution in [0.4, 0.5) is 0 Å². The Kier molecular flexibility index (Phi) is 6.21. The quantitative estimate of drug-likeness (QED) is 0.770. The molecule has 2 rings (SSSR count). The molecule has 8 heteroatoms. The number of rotatable bonds is 8. The summed E-state index contributed by atoms with van der Waals surface area (Å²) in [6.07, 6.45) is 0.555. The number of thiophene rings is 1. The fraction of sp³-hybridized carbons (Fsp3) is 0.308. The van der Waals surface area contributed by atoms with Crippen LogP contribution in [0.15, 0.2) is 22.9 Å². The normalized spacial score (nSPS) is 10.5. The lowest BCUT2D eigenvalue weighted by Gasteiger charge is -2.03. The first-order valence-corrected chi connectivity index (χ1v) is 9.11. The van der Waals surface area contributed by atoms with Gasteiger partial charge in [-0.1, -0.05) is 6.07 Å². The summed E-state index contributed by atoms with van der Waals surface area (Å²) in [5.74, 6) is 0.244. The molecule has 0 aliphatic rings. The lowest BCUT2D eigenvalue weighted by atomic mass is 10.4. The summed E-state index contributed by atoms with van der Waals surface area (Å²) in [5.41, 5.74) is 0.0628. The smallest absolute Gasteiger partial charge is 0.355 e. The van der Waals surface area contributed by atoms with Gasteiger partial charge >= 0.3 is 5.97 Å². The molecule has 2 aromatic heterocycles. The maximum atomic E-state index is 11.6. The van der Waals surface area contributed by atoms with Crippen LogP contribution in [0.5, 0.6) is 0 Å². The molecule has 5 nitrogen and oxygen atoms in total. The van der Waals surface area contributed by atoms with Gasteiger partial charge in [0.15, 0.2) is 5.69 Å². The molecule has 2 N–H and O–H groups in total. The van der Waals surface area contributed by atoms with E-state index < -0.39 is 5.97 Å². The predicted molar refractivity (Wildman–Crippen MR) is 86.3 cm³/mol. The second-order valence-electron chi connectivity index (χ2n) is 4.10. The summed E-state index contributed by atoms with van der Waals surface area (Å²) in [6, 6.07) is 4.05. The molecule has 21 heavy (non-hydrogen) atoms. The van der Waals surface area contributed by atoms with Crippen molar-refractivity contribution in [2.24, 2.45) is 0 Å². The second-order valence-corrected chi connectivity index (χ2v) is 7.06. The Hall–Kier alpha value is -1.38. The summed E-state index contributed by atoms with van der Waals surface area (Å²) in [7, 11) is 0. The van der Waals surface area contributed by atoms with E-state index in [1.807, 2.05) is 11.4 Å². The Bertz CT molecular complexity index is 596. The zero-order valence-electron chi connectivity index (χ0n) is 11.1. The molecule has 0 atom stereocenters. The van der Waals surface area contributed by atoms with Crippen molar-refractivity contribution < 1.29 is 14.7 Å². The summed E-state index contributed by atoms with van der Waals surface area (Å²) in [4.78, 5) is 27.5. The minimum Gasteiger partial charge on any atom is -0.476 e. The lowest BCUT2D eigenvalue weighted by molar-refractivity contribution is -0.118. The number of amides is 1. The fourth-order valence-electron chi connectivity index (χ4n) is 1.52. The molecule has 1 amide bonds. The summed E-state index contributed by atoms with van der Waals surface area (Å²) in [5, 5.41) is 15.8. The number of carbonyl (C=O) groups is 2. The molecule has 2 aromatic rings. The van der Waals surface area contributed by atoms with E-state index in [9.17, 15) is 9.59 Å². The maximum Gasteiger partial charge on any atom is 0.355 e. The van der Waals surface area contributed by atoms with Gasteiger partial charge in [-0.05, 0) is 11.4 Å². The molecule has 0 saturated carbocycles.